The van der Waals surface area contributed by atoms with Crippen LogP contribution >= 0.6 is 0 Å². The van der Waals surface area contributed by atoms with Crippen LogP contribution in [0.4, 0.5) is 22.0 Å². The van der Waals surface area contributed by atoms with Crippen molar-refractivity contribution < 1.29 is 36.2 Å². The monoisotopic (exact) mass is 481 g/mol. The summed E-state index contributed by atoms with van der Waals surface area (Å²) >= 11 is 0. The summed E-state index contributed by atoms with van der Waals surface area (Å²) in [5.74, 6) is -3.44. The molecule has 4 nitrogen and oxygen atoms in total. The number of nitrogens with zero attached hydrogens (tertiary/aromatic N) is 1. The lowest BCUT2D eigenvalue weighted by Crippen LogP contribution is -2.13. The fraction of sp³-hybridized carbons (Fsp3) is 0.320. The van der Waals surface area contributed by atoms with Crippen molar-refractivity contribution in [2.24, 2.45) is 0 Å². The number of hydrogen-bond donors (Lipinski definition) is 0. The van der Waals surface area contributed by atoms with Crippen molar-refractivity contribution in [3.05, 3.63) is 82.7 Å². The van der Waals surface area contributed by atoms with Crippen molar-refractivity contribution in [1.82, 2.24) is 4.57 Å². The van der Waals surface area contributed by atoms with Crippen LogP contribution in [-0.2, 0) is 35.2 Å². The molecule has 0 aliphatic heterocycles. The van der Waals surface area contributed by atoms with E-state index in [0.717, 1.165) is 30.2 Å². The first-order valence-corrected chi connectivity index (χ1v) is 10.8. The van der Waals surface area contributed by atoms with Crippen LogP contribution in [0.2, 0.25) is 0 Å². The number of ether oxygens (including phenoxy) is 2. The maximum atomic E-state index is 14.5. The molecule has 182 valence electrons. The van der Waals surface area contributed by atoms with Gasteiger partial charge in [0, 0.05) is 18.3 Å². The maximum Gasteiger partial charge on any atom is 0.418 e. The number of carbonyl (C=O) groups excluding carboxylic acids is 1. The van der Waals surface area contributed by atoms with Crippen LogP contribution in [0, 0.1) is 11.6 Å². The highest BCUT2D eigenvalue weighted by Gasteiger charge is 2.36. The Hall–Kier alpha value is -3.36. The third-order valence-electron chi connectivity index (χ3n) is 5.25. The van der Waals surface area contributed by atoms with Crippen molar-refractivity contribution in [2.75, 3.05) is 6.61 Å². The van der Waals surface area contributed by atoms with Crippen molar-refractivity contribution in [2.45, 2.75) is 45.9 Å². The Kier molecular flexibility index (Phi) is 7.96. The fourth-order valence-electron chi connectivity index (χ4n) is 3.52. The summed E-state index contributed by atoms with van der Waals surface area (Å²) in [5.41, 5.74) is 0.421. The molecule has 0 saturated carbocycles. The zero-order valence-electron chi connectivity index (χ0n) is 18.7. The van der Waals surface area contributed by atoms with Gasteiger partial charge in [-0.2, -0.15) is 13.2 Å². The van der Waals surface area contributed by atoms with Crippen molar-refractivity contribution in [3.8, 4) is 11.4 Å². The molecule has 34 heavy (non-hydrogen) atoms. The van der Waals surface area contributed by atoms with Gasteiger partial charge in [-0.05, 0) is 61.2 Å². The van der Waals surface area contributed by atoms with E-state index in [4.69, 9.17) is 9.47 Å². The van der Waals surface area contributed by atoms with Gasteiger partial charge in [-0.15, -0.1) is 0 Å². The normalized spacial score (nSPS) is 11.5. The molecule has 0 fully saturated rings. The molecule has 0 spiro atoms. The summed E-state index contributed by atoms with van der Waals surface area (Å²) in [4.78, 5) is 11.5. The van der Waals surface area contributed by atoms with Gasteiger partial charge in [0.1, 0.15) is 6.61 Å². The minimum Gasteiger partial charge on any atom is -0.481 e. The lowest BCUT2D eigenvalue weighted by Gasteiger charge is -2.16. The van der Waals surface area contributed by atoms with Crippen molar-refractivity contribution in [3.63, 3.8) is 0 Å². The van der Waals surface area contributed by atoms with Crippen LogP contribution in [0.5, 0.6) is 5.75 Å². The Morgan fingerprint density at radius 2 is 1.62 bits per heavy atom. The average molecular weight is 481 g/mol. The number of hydrogen-bond acceptors (Lipinski definition) is 3. The quantitative estimate of drug-likeness (QED) is 0.262. The summed E-state index contributed by atoms with van der Waals surface area (Å²) in [7, 11) is 0. The molecule has 0 bridgehead atoms. The minimum atomic E-state index is -4.68. The predicted molar refractivity (Wildman–Crippen MR) is 116 cm³/mol. The second kappa shape index (κ2) is 10.7. The van der Waals surface area contributed by atoms with Gasteiger partial charge in [0.05, 0.1) is 17.9 Å². The first-order valence-electron chi connectivity index (χ1n) is 10.8. The highest BCUT2D eigenvalue weighted by molar-refractivity contribution is 5.69. The number of halogens is 5. The van der Waals surface area contributed by atoms with Gasteiger partial charge in [-0.3, -0.25) is 4.79 Å². The van der Waals surface area contributed by atoms with Crippen LogP contribution in [-0.4, -0.2) is 17.1 Å². The van der Waals surface area contributed by atoms with E-state index in [1.165, 1.54) is 10.8 Å². The van der Waals surface area contributed by atoms with E-state index in [2.05, 4.69) is 0 Å². The molecule has 0 aliphatic carbocycles. The van der Waals surface area contributed by atoms with Crippen LogP contribution in [0.3, 0.4) is 0 Å². The lowest BCUT2D eigenvalue weighted by atomic mass is 10.1. The van der Waals surface area contributed by atoms with Crippen molar-refractivity contribution in [1.29, 1.82) is 0 Å². The summed E-state index contributed by atoms with van der Waals surface area (Å²) in [6, 6.07) is 9.81. The molecule has 9 heteroatoms. The number of carbonyl (C=O) groups is 1. The summed E-state index contributed by atoms with van der Waals surface area (Å²) < 4.78 is 81.1. The van der Waals surface area contributed by atoms with Gasteiger partial charge in [0.15, 0.2) is 17.4 Å². The number of rotatable bonds is 9. The molecule has 0 saturated heterocycles. The van der Waals surface area contributed by atoms with E-state index in [0.29, 0.717) is 5.69 Å². The SMILES string of the molecule is CCOC(=O)CCc1cc(F)c(OCc2c(C(F)(F)F)ccn2-c2ccc(CC)cc2)c(F)c1. The molecule has 0 atom stereocenters. The Morgan fingerprint density at radius 3 is 2.18 bits per heavy atom. The fourth-order valence-corrected chi connectivity index (χ4v) is 3.52. The number of esters is 1. The molecule has 3 aromatic rings. The van der Waals surface area contributed by atoms with E-state index in [1.54, 1.807) is 31.2 Å². The van der Waals surface area contributed by atoms with E-state index in [1.807, 2.05) is 6.92 Å². The number of benzene rings is 2. The van der Waals surface area contributed by atoms with Gasteiger partial charge in [0.2, 0.25) is 0 Å². The topological polar surface area (TPSA) is 40.5 Å². The number of aryl methyl sites for hydroxylation is 2. The summed E-state index contributed by atoms with van der Waals surface area (Å²) in [6.07, 6.45) is -2.69. The van der Waals surface area contributed by atoms with Crippen LogP contribution in [0.1, 0.15) is 42.7 Å². The van der Waals surface area contributed by atoms with Gasteiger partial charge in [0.25, 0.3) is 0 Å². The molecule has 0 amide bonds. The first kappa shape index (κ1) is 25.3. The molecule has 0 aliphatic rings. The molecule has 0 unspecified atom stereocenters. The summed E-state index contributed by atoms with van der Waals surface area (Å²) in [6.45, 7) is 3.08. The maximum absolute atomic E-state index is 14.5. The smallest absolute Gasteiger partial charge is 0.418 e. The molecular formula is C25H24F5NO3. The third-order valence-corrected chi connectivity index (χ3v) is 5.25. The minimum absolute atomic E-state index is 0.0434. The highest BCUT2D eigenvalue weighted by atomic mass is 19.4. The molecule has 0 N–H and O–H groups in total. The second-order valence-electron chi connectivity index (χ2n) is 7.55. The van der Waals surface area contributed by atoms with Crippen molar-refractivity contribution >= 4 is 5.97 Å². The first-order chi connectivity index (χ1) is 16.1. The Labute approximate surface area is 193 Å². The average Bonchev–Trinajstić information content (AvgIpc) is 3.22. The van der Waals surface area contributed by atoms with E-state index in [9.17, 15) is 26.7 Å². The standard InChI is InChI=1S/C25H24F5NO3/c1-3-16-5-8-18(9-6-16)31-12-11-19(25(28,29)30)22(31)15-34-24-20(26)13-17(14-21(24)27)7-10-23(32)33-4-2/h5-6,8-9,11-14H,3-4,7,10,15H2,1-2H3. The molecule has 0 radical (unpaired) electrons. The third kappa shape index (κ3) is 5.95. The highest BCUT2D eigenvalue weighted by Crippen LogP contribution is 2.35. The van der Waals surface area contributed by atoms with Gasteiger partial charge >= 0.3 is 12.1 Å². The van der Waals surface area contributed by atoms with Crippen LogP contribution < -0.4 is 4.74 Å². The van der Waals surface area contributed by atoms with Crippen LogP contribution in [0.15, 0.2) is 48.7 Å². The lowest BCUT2D eigenvalue weighted by molar-refractivity contribution is -0.143. The Balaban J connectivity index is 1.85. The van der Waals surface area contributed by atoms with E-state index in [-0.39, 0.29) is 30.7 Å². The van der Waals surface area contributed by atoms with Gasteiger partial charge in [-0.25, -0.2) is 8.78 Å². The zero-order chi connectivity index (χ0) is 24.9. The van der Waals surface area contributed by atoms with E-state index < -0.39 is 41.7 Å². The number of aromatic nitrogens is 1. The summed E-state index contributed by atoms with van der Waals surface area (Å²) in [5, 5.41) is 0. The largest absolute Gasteiger partial charge is 0.481 e. The molecular weight excluding hydrogens is 457 g/mol. The predicted octanol–water partition coefficient (Wildman–Crippen LogP) is 6.41. The van der Waals surface area contributed by atoms with Crippen LogP contribution in [0.25, 0.3) is 5.69 Å². The molecule has 1 heterocycles. The Morgan fingerprint density at radius 1 is 0.971 bits per heavy atom. The number of alkyl halides is 3. The Bertz CT molecular complexity index is 1110. The second-order valence-corrected chi connectivity index (χ2v) is 7.55. The van der Waals surface area contributed by atoms with E-state index >= 15 is 0 Å². The zero-order valence-corrected chi connectivity index (χ0v) is 18.7. The molecule has 3 rings (SSSR count). The molecule has 2 aromatic carbocycles. The van der Waals surface area contributed by atoms with Gasteiger partial charge in [-0.1, -0.05) is 19.1 Å². The van der Waals surface area contributed by atoms with Gasteiger partial charge < -0.3 is 14.0 Å². The molecule has 1 aromatic heterocycles.